The summed E-state index contributed by atoms with van der Waals surface area (Å²) in [5, 5.41) is 7.85. The van der Waals surface area contributed by atoms with Crippen LogP contribution in [0.5, 0.6) is 0 Å². The molecule has 4 heterocycles. The number of nitrogens with zero attached hydrogens (tertiary/aromatic N) is 5. The Labute approximate surface area is 210 Å². The Morgan fingerprint density at radius 1 is 1.11 bits per heavy atom. The van der Waals surface area contributed by atoms with Gasteiger partial charge in [0.1, 0.15) is 11.5 Å². The first kappa shape index (κ1) is 22.7. The normalized spacial score (nSPS) is 18.3. The molecule has 1 saturated carbocycles. The lowest BCUT2D eigenvalue weighted by Gasteiger charge is -2.33. The second kappa shape index (κ2) is 9.70. The molecular formula is C28H30N6O2. The molecule has 8 nitrogen and oxygen atoms in total. The first-order valence-electron chi connectivity index (χ1n) is 12.7. The van der Waals surface area contributed by atoms with Crippen molar-refractivity contribution in [3.05, 3.63) is 83.5 Å². The maximum absolute atomic E-state index is 13.4. The molecule has 0 unspecified atom stereocenters. The molecule has 0 radical (unpaired) electrons. The van der Waals surface area contributed by atoms with E-state index < -0.39 is 0 Å². The van der Waals surface area contributed by atoms with E-state index in [1.807, 2.05) is 31.2 Å². The summed E-state index contributed by atoms with van der Waals surface area (Å²) >= 11 is 0. The number of carbonyl (C=O) groups excluding carboxylic acids is 1. The Morgan fingerprint density at radius 2 is 1.97 bits per heavy atom. The molecule has 1 atom stereocenters. The molecule has 184 valence electrons. The number of nitrogens with one attached hydrogen (secondary N) is 1. The molecule has 6 rings (SSSR count). The summed E-state index contributed by atoms with van der Waals surface area (Å²) in [6.45, 7) is 4.71. The highest BCUT2D eigenvalue weighted by Crippen LogP contribution is 2.42. The fourth-order valence-electron chi connectivity index (χ4n) is 5.02. The van der Waals surface area contributed by atoms with E-state index in [0.717, 1.165) is 56.8 Å². The average Bonchev–Trinajstić information content (AvgIpc) is 3.48. The molecule has 1 aromatic carbocycles. The van der Waals surface area contributed by atoms with Crippen LogP contribution in [0.3, 0.4) is 0 Å². The number of carbonyl (C=O) groups is 1. The molecule has 2 aliphatic rings. The van der Waals surface area contributed by atoms with Crippen molar-refractivity contribution in [1.29, 1.82) is 0 Å². The number of likely N-dealkylation sites (tertiary alicyclic amines) is 1. The number of amides is 1. The minimum absolute atomic E-state index is 0.0625. The van der Waals surface area contributed by atoms with E-state index in [-0.39, 0.29) is 11.9 Å². The van der Waals surface area contributed by atoms with Crippen LogP contribution < -0.4 is 5.32 Å². The molecule has 0 bridgehead atoms. The van der Waals surface area contributed by atoms with Gasteiger partial charge in [-0.25, -0.2) is 14.6 Å². The number of hydrogen-bond donors (Lipinski definition) is 1. The zero-order valence-electron chi connectivity index (χ0n) is 20.4. The van der Waals surface area contributed by atoms with Crippen molar-refractivity contribution in [2.75, 3.05) is 13.1 Å². The second-order valence-corrected chi connectivity index (χ2v) is 9.82. The Hall–Kier alpha value is -3.78. The third-order valence-corrected chi connectivity index (χ3v) is 6.93. The minimum Gasteiger partial charge on any atom is -0.460 e. The van der Waals surface area contributed by atoms with Crippen LogP contribution in [0.4, 0.5) is 0 Å². The summed E-state index contributed by atoms with van der Waals surface area (Å²) in [6.07, 6.45) is 7.50. The van der Waals surface area contributed by atoms with E-state index in [1.165, 1.54) is 5.56 Å². The van der Waals surface area contributed by atoms with Crippen LogP contribution in [0.1, 0.15) is 59.0 Å². The van der Waals surface area contributed by atoms with Crippen LogP contribution in [-0.2, 0) is 6.54 Å². The van der Waals surface area contributed by atoms with Crippen LogP contribution in [-0.4, -0.2) is 49.7 Å². The van der Waals surface area contributed by atoms with E-state index in [2.05, 4.69) is 44.6 Å². The van der Waals surface area contributed by atoms with E-state index in [9.17, 15) is 4.79 Å². The monoisotopic (exact) mass is 482 g/mol. The van der Waals surface area contributed by atoms with Gasteiger partial charge in [-0.3, -0.25) is 9.69 Å². The molecule has 1 saturated heterocycles. The molecule has 3 aromatic heterocycles. The fraction of sp³-hybridized carbons (Fsp3) is 0.357. The Bertz CT molecular complexity index is 1360. The third kappa shape index (κ3) is 4.81. The fourth-order valence-corrected chi connectivity index (χ4v) is 5.02. The second-order valence-electron chi connectivity index (χ2n) is 9.82. The largest absolute Gasteiger partial charge is 0.460 e. The van der Waals surface area contributed by atoms with Crippen LogP contribution in [0.25, 0.3) is 17.4 Å². The number of aryl methyl sites for hydroxylation is 1. The lowest BCUT2D eigenvalue weighted by atomic mass is 10.0. The number of piperidine rings is 1. The molecule has 1 amide bonds. The molecule has 8 heteroatoms. The molecule has 1 aliphatic carbocycles. The van der Waals surface area contributed by atoms with Crippen LogP contribution >= 0.6 is 0 Å². The maximum Gasteiger partial charge on any atom is 0.255 e. The number of benzene rings is 1. The van der Waals surface area contributed by atoms with Crippen molar-refractivity contribution in [2.24, 2.45) is 0 Å². The predicted octanol–water partition coefficient (Wildman–Crippen LogP) is 4.50. The number of hydrogen-bond acceptors (Lipinski definition) is 6. The van der Waals surface area contributed by atoms with Gasteiger partial charge in [0.15, 0.2) is 5.76 Å². The first-order chi connectivity index (χ1) is 17.6. The van der Waals surface area contributed by atoms with E-state index in [0.29, 0.717) is 28.9 Å². The summed E-state index contributed by atoms with van der Waals surface area (Å²) in [4.78, 5) is 25.0. The van der Waals surface area contributed by atoms with Crippen LogP contribution in [0, 0.1) is 6.92 Å². The summed E-state index contributed by atoms with van der Waals surface area (Å²) in [5.41, 5.74) is 3.52. The van der Waals surface area contributed by atoms with Crippen molar-refractivity contribution in [3.63, 3.8) is 0 Å². The number of rotatable bonds is 7. The SMILES string of the molecule is Cc1ccc(-c2ccnc(-n3ncc(C(=O)N[C@H]4CCCN(Cc5ccccc5)C4)c3C3CC3)n2)o1. The maximum atomic E-state index is 13.4. The van der Waals surface area contributed by atoms with Crippen LogP contribution in [0.15, 0.2) is 65.3 Å². The van der Waals surface area contributed by atoms with Gasteiger partial charge in [0.2, 0.25) is 0 Å². The quantitative estimate of drug-likeness (QED) is 0.417. The lowest BCUT2D eigenvalue weighted by Crippen LogP contribution is -2.47. The first-order valence-corrected chi connectivity index (χ1v) is 12.7. The summed E-state index contributed by atoms with van der Waals surface area (Å²) in [5.74, 6) is 2.20. The van der Waals surface area contributed by atoms with E-state index >= 15 is 0 Å². The van der Waals surface area contributed by atoms with Crippen molar-refractivity contribution < 1.29 is 9.21 Å². The van der Waals surface area contributed by atoms with Gasteiger partial charge in [-0.15, -0.1) is 0 Å². The standard InChI is InChI=1S/C28H30N6O2/c1-19-9-12-25(36-19)24-13-14-29-28(32-24)34-26(21-10-11-21)23(16-30-34)27(35)31-22-8-5-15-33(18-22)17-20-6-3-2-4-7-20/h2-4,6-7,9,12-14,16,21-22H,5,8,10-11,15,17-18H2,1H3,(H,31,35)/t22-/m0/s1. The third-order valence-electron chi connectivity index (χ3n) is 6.93. The van der Waals surface area contributed by atoms with Crippen LogP contribution in [0.2, 0.25) is 0 Å². The predicted molar refractivity (Wildman–Crippen MR) is 136 cm³/mol. The van der Waals surface area contributed by atoms with Gasteiger partial charge >= 0.3 is 0 Å². The Morgan fingerprint density at radius 3 is 2.75 bits per heavy atom. The summed E-state index contributed by atoms with van der Waals surface area (Å²) in [6, 6.07) is 16.2. The average molecular weight is 483 g/mol. The van der Waals surface area contributed by atoms with Crippen molar-refractivity contribution in [3.8, 4) is 17.4 Å². The molecule has 1 N–H and O–H groups in total. The Balaban J connectivity index is 1.20. The van der Waals surface area contributed by atoms with E-state index in [4.69, 9.17) is 9.40 Å². The van der Waals surface area contributed by atoms with Gasteiger partial charge in [-0.05, 0) is 62.9 Å². The van der Waals surface area contributed by atoms with Crippen molar-refractivity contribution >= 4 is 5.91 Å². The van der Waals surface area contributed by atoms with Gasteiger partial charge in [0, 0.05) is 31.2 Å². The van der Waals surface area contributed by atoms with Crippen molar-refractivity contribution in [2.45, 2.75) is 51.1 Å². The highest BCUT2D eigenvalue weighted by Gasteiger charge is 2.34. The smallest absolute Gasteiger partial charge is 0.255 e. The molecule has 4 aromatic rings. The summed E-state index contributed by atoms with van der Waals surface area (Å²) < 4.78 is 7.47. The van der Waals surface area contributed by atoms with Gasteiger partial charge < -0.3 is 9.73 Å². The van der Waals surface area contributed by atoms with Crippen molar-refractivity contribution in [1.82, 2.24) is 30.0 Å². The highest BCUT2D eigenvalue weighted by molar-refractivity contribution is 5.95. The molecule has 0 spiro atoms. The molecular weight excluding hydrogens is 452 g/mol. The van der Waals surface area contributed by atoms with E-state index in [1.54, 1.807) is 17.1 Å². The lowest BCUT2D eigenvalue weighted by molar-refractivity contribution is 0.0899. The molecule has 1 aliphatic heterocycles. The molecule has 36 heavy (non-hydrogen) atoms. The summed E-state index contributed by atoms with van der Waals surface area (Å²) in [7, 11) is 0. The number of furan rings is 1. The highest BCUT2D eigenvalue weighted by atomic mass is 16.3. The molecule has 2 fully saturated rings. The zero-order chi connectivity index (χ0) is 24.5. The zero-order valence-corrected chi connectivity index (χ0v) is 20.4. The Kier molecular flexibility index (Phi) is 6.11. The van der Waals surface area contributed by atoms with Gasteiger partial charge in [0.25, 0.3) is 11.9 Å². The minimum atomic E-state index is -0.0625. The van der Waals surface area contributed by atoms with Gasteiger partial charge in [-0.2, -0.15) is 5.10 Å². The number of aromatic nitrogens is 4. The van der Waals surface area contributed by atoms with Gasteiger partial charge in [0.05, 0.1) is 17.5 Å². The van der Waals surface area contributed by atoms with Gasteiger partial charge in [-0.1, -0.05) is 30.3 Å². The topological polar surface area (TPSA) is 89.1 Å².